The summed E-state index contributed by atoms with van der Waals surface area (Å²) in [5.41, 5.74) is 1.27. The average Bonchev–Trinajstić information content (AvgIpc) is 2.16. The molecule has 0 radical (unpaired) electrons. The van der Waals surface area contributed by atoms with Crippen LogP contribution < -0.4 is 5.46 Å². The van der Waals surface area contributed by atoms with Crippen LogP contribution in [0.1, 0.15) is 11.1 Å². The topological polar surface area (TPSA) is 80.9 Å². The van der Waals surface area contributed by atoms with Crippen LogP contribution in [-0.2, 0) is 13.2 Å². The largest absolute Gasteiger partial charge is 0.488 e. The zero-order valence-corrected chi connectivity index (χ0v) is 7.01. The predicted molar refractivity (Wildman–Crippen MR) is 48.1 cm³/mol. The van der Waals surface area contributed by atoms with Gasteiger partial charge in [-0.25, -0.2) is 0 Å². The van der Waals surface area contributed by atoms with E-state index in [1.807, 2.05) is 0 Å². The molecule has 0 fully saturated rings. The zero-order chi connectivity index (χ0) is 9.84. The second-order valence-electron chi connectivity index (χ2n) is 2.72. The van der Waals surface area contributed by atoms with Gasteiger partial charge in [0.2, 0.25) is 0 Å². The first-order chi connectivity index (χ1) is 6.19. The van der Waals surface area contributed by atoms with Crippen molar-refractivity contribution in [2.24, 2.45) is 0 Å². The third kappa shape index (κ3) is 2.29. The fourth-order valence-corrected chi connectivity index (χ4v) is 1.13. The Kier molecular flexibility index (Phi) is 3.44. The Morgan fingerprint density at radius 2 is 1.77 bits per heavy atom. The van der Waals surface area contributed by atoms with Crippen LogP contribution in [0.2, 0.25) is 0 Å². The van der Waals surface area contributed by atoms with Gasteiger partial charge >= 0.3 is 7.12 Å². The standard InChI is InChI=1S/C8H11BO4/c10-4-6-1-2-7(5-11)8(3-6)9(12)13/h1-3,10-13H,4-5H2. The molecule has 0 amide bonds. The Balaban J connectivity index is 3.10. The first kappa shape index (κ1) is 10.2. The van der Waals surface area contributed by atoms with Gasteiger partial charge in [-0.3, -0.25) is 0 Å². The summed E-state index contributed by atoms with van der Waals surface area (Å²) in [4.78, 5) is 0. The van der Waals surface area contributed by atoms with Crippen molar-refractivity contribution < 1.29 is 20.3 Å². The normalized spacial score (nSPS) is 10.2. The molecular weight excluding hydrogens is 171 g/mol. The van der Waals surface area contributed by atoms with E-state index in [0.717, 1.165) is 0 Å². The van der Waals surface area contributed by atoms with E-state index in [1.54, 1.807) is 12.1 Å². The van der Waals surface area contributed by atoms with Crippen LogP contribution >= 0.6 is 0 Å². The fourth-order valence-electron chi connectivity index (χ4n) is 1.13. The molecule has 1 rings (SSSR count). The van der Waals surface area contributed by atoms with E-state index in [2.05, 4.69) is 0 Å². The Morgan fingerprint density at radius 3 is 2.23 bits per heavy atom. The molecule has 0 bridgehead atoms. The monoisotopic (exact) mass is 182 g/mol. The first-order valence-electron chi connectivity index (χ1n) is 3.88. The van der Waals surface area contributed by atoms with Gasteiger partial charge in [0.05, 0.1) is 13.2 Å². The van der Waals surface area contributed by atoms with Crippen molar-refractivity contribution in [3.8, 4) is 0 Å². The summed E-state index contributed by atoms with van der Waals surface area (Å²) in [7, 11) is -1.62. The summed E-state index contributed by atoms with van der Waals surface area (Å²) in [6.07, 6.45) is 0. The van der Waals surface area contributed by atoms with E-state index in [0.29, 0.717) is 11.1 Å². The quantitative estimate of drug-likeness (QED) is 0.422. The molecule has 0 aliphatic carbocycles. The van der Waals surface area contributed by atoms with Crippen molar-refractivity contribution in [1.82, 2.24) is 0 Å². The smallest absolute Gasteiger partial charge is 0.423 e. The summed E-state index contributed by atoms with van der Waals surface area (Å²) in [6, 6.07) is 4.63. The summed E-state index contributed by atoms with van der Waals surface area (Å²) in [5.74, 6) is 0. The molecule has 70 valence electrons. The maximum Gasteiger partial charge on any atom is 0.488 e. The van der Waals surface area contributed by atoms with Crippen molar-refractivity contribution in [2.45, 2.75) is 13.2 Å². The fraction of sp³-hybridized carbons (Fsp3) is 0.250. The first-order valence-corrected chi connectivity index (χ1v) is 3.88. The van der Waals surface area contributed by atoms with E-state index >= 15 is 0 Å². The predicted octanol–water partition coefficient (Wildman–Crippen LogP) is -1.65. The van der Waals surface area contributed by atoms with Crippen molar-refractivity contribution >= 4 is 12.6 Å². The van der Waals surface area contributed by atoms with Gasteiger partial charge < -0.3 is 20.3 Å². The molecule has 0 aromatic heterocycles. The summed E-state index contributed by atoms with van der Waals surface area (Å²) in [5, 5.41) is 35.5. The van der Waals surface area contributed by atoms with Crippen LogP contribution in [0, 0.1) is 0 Å². The maximum absolute atomic E-state index is 8.92. The van der Waals surface area contributed by atoms with Crippen molar-refractivity contribution in [2.75, 3.05) is 0 Å². The maximum atomic E-state index is 8.92. The summed E-state index contributed by atoms with van der Waals surface area (Å²) < 4.78 is 0. The van der Waals surface area contributed by atoms with Crippen LogP contribution in [0.5, 0.6) is 0 Å². The van der Waals surface area contributed by atoms with E-state index in [4.69, 9.17) is 20.3 Å². The minimum atomic E-state index is -1.62. The summed E-state index contributed by atoms with van der Waals surface area (Å²) in [6.45, 7) is -0.413. The number of benzene rings is 1. The molecule has 13 heavy (non-hydrogen) atoms. The molecule has 0 saturated heterocycles. The van der Waals surface area contributed by atoms with Gasteiger partial charge in [-0.05, 0) is 16.6 Å². The number of hydrogen-bond donors (Lipinski definition) is 4. The van der Waals surface area contributed by atoms with Crippen LogP contribution in [0.3, 0.4) is 0 Å². The second kappa shape index (κ2) is 4.39. The third-order valence-corrected chi connectivity index (χ3v) is 1.84. The molecular formula is C8H11BO4. The Hall–Kier alpha value is -0.875. The SMILES string of the molecule is OCc1ccc(CO)c(B(O)O)c1. The lowest BCUT2D eigenvalue weighted by Crippen LogP contribution is -2.33. The second-order valence-corrected chi connectivity index (χ2v) is 2.72. The molecule has 1 aromatic rings. The lowest BCUT2D eigenvalue weighted by Gasteiger charge is -2.07. The van der Waals surface area contributed by atoms with E-state index in [-0.39, 0.29) is 18.7 Å². The van der Waals surface area contributed by atoms with Gasteiger partial charge in [-0.15, -0.1) is 0 Å². The number of aliphatic hydroxyl groups is 2. The Morgan fingerprint density at radius 1 is 1.08 bits per heavy atom. The van der Waals surface area contributed by atoms with E-state index in [9.17, 15) is 0 Å². The molecule has 4 nitrogen and oxygen atoms in total. The molecule has 0 heterocycles. The zero-order valence-electron chi connectivity index (χ0n) is 7.01. The Bertz CT molecular complexity index is 287. The molecule has 0 aliphatic heterocycles. The lowest BCUT2D eigenvalue weighted by molar-refractivity contribution is 0.278. The molecule has 1 aromatic carbocycles. The molecule has 0 atom stereocenters. The van der Waals surface area contributed by atoms with E-state index < -0.39 is 7.12 Å². The minimum absolute atomic E-state index is 0.161. The van der Waals surface area contributed by atoms with Gasteiger partial charge in [0.25, 0.3) is 0 Å². The van der Waals surface area contributed by atoms with Crippen molar-refractivity contribution in [3.63, 3.8) is 0 Å². The molecule has 0 unspecified atom stereocenters. The van der Waals surface area contributed by atoms with Crippen LogP contribution in [-0.4, -0.2) is 27.4 Å². The lowest BCUT2D eigenvalue weighted by atomic mass is 9.76. The molecule has 0 saturated carbocycles. The van der Waals surface area contributed by atoms with Crippen molar-refractivity contribution in [3.05, 3.63) is 29.3 Å². The number of hydrogen-bond acceptors (Lipinski definition) is 4. The van der Waals surface area contributed by atoms with E-state index in [1.165, 1.54) is 6.07 Å². The van der Waals surface area contributed by atoms with Crippen molar-refractivity contribution in [1.29, 1.82) is 0 Å². The minimum Gasteiger partial charge on any atom is -0.423 e. The average molecular weight is 182 g/mol. The highest BCUT2D eigenvalue weighted by Crippen LogP contribution is 2.02. The molecule has 4 N–H and O–H groups in total. The highest BCUT2D eigenvalue weighted by Gasteiger charge is 2.15. The number of rotatable bonds is 3. The van der Waals surface area contributed by atoms with Gasteiger partial charge in [-0.1, -0.05) is 18.2 Å². The molecule has 0 spiro atoms. The summed E-state index contributed by atoms with van der Waals surface area (Å²) >= 11 is 0. The molecule has 5 heteroatoms. The number of aliphatic hydroxyl groups excluding tert-OH is 2. The Labute approximate surface area is 76.2 Å². The van der Waals surface area contributed by atoms with Crippen LogP contribution in [0.15, 0.2) is 18.2 Å². The molecule has 0 aliphatic rings. The van der Waals surface area contributed by atoms with Gasteiger partial charge in [-0.2, -0.15) is 0 Å². The van der Waals surface area contributed by atoms with Gasteiger partial charge in [0.1, 0.15) is 0 Å². The highest BCUT2D eigenvalue weighted by atomic mass is 16.4. The van der Waals surface area contributed by atoms with Crippen LogP contribution in [0.25, 0.3) is 0 Å². The third-order valence-electron chi connectivity index (χ3n) is 1.84. The van der Waals surface area contributed by atoms with Gasteiger partial charge in [0.15, 0.2) is 0 Å². The highest BCUT2D eigenvalue weighted by molar-refractivity contribution is 6.59. The van der Waals surface area contributed by atoms with Gasteiger partial charge in [0, 0.05) is 0 Å². The van der Waals surface area contributed by atoms with Crippen LogP contribution in [0.4, 0.5) is 0 Å².